The number of carbonyl (C=O) groups is 1. The van der Waals surface area contributed by atoms with Gasteiger partial charge in [0.15, 0.2) is 0 Å². The Labute approximate surface area is 71.5 Å². The third-order valence-corrected chi connectivity index (χ3v) is 1.26. The molecule has 70 valence electrons. The van der Waals surface area contributed by atoms with Crippen molar-refractivity contribution in [3.05, 3.63) is 12.2 Å². The minimum Gasteiger partial charge on any atom is -0.460 e. The molecule has 2 unspecified atom stereocenters. The van der Waals surface area contributed by atoms with E-state index in [9.17, 15) is 4.79 Å². The average Bonchev–Trinajstić information content (AvgIpc) is 2.00. The summed E-state index contributed by atoms with van der Waals surface area (Å²) in [5, 5.41) is 17.8. The van der Waals surface area contributed by atoms with Crippen LogP contribution in [0.25, 0.3) is 0 Å². The number of aliphatic hydroxyl groups is 2. The molecule has 0 saturated heterocycles. The molecule has 2 N–H and O–H groups in total. The molecule has 0 aliphatic heterocycles. The molecule has 0 fully saturated rings. The molecular weight excluding hydrogens is 160 g/mol. The quantitative estimate of drug-likeness (QED) is 0.459. The predicted octanol–water partition coefficient (Wildman–Crippen LogP) is -0.153. The van der Waals surface area contributed by atoms with E-state index in [1.807, 2.05) is 0 Å². The maximum Gasteiger partial charge on any atom is 0.330 e. The first kappa shape index (κ1) is 11.1. The monoisotopic (exact) mass is 174 g/mol. The van der Waals surface area contributed by atoms with Crippen LogP contribution in [0.15, 0.2) is 12.2 Å². The van der Waals surface area contributed by atoms with Gasteiger partial charge in [-0.15, -0.1) is 0 Å². The Balaban J connectivity index is 3.61. The van der Waals surface area contributed by atoms with Crippen molar-refractivity contribution >= 4 is 5.97 Å². The molecule has 0 aliphatic carbocycles. The fraction of sp³-hybridized carbons (Fsp3) is 0.625. The summed E-state index contributed by atoms with van der Waals surface area (Å²) in [5.74, 6) is -0.516. The maximum absolute atomic E-state index is 10.7. The number of hydrogen-bond acceptors (Lipinski definition) is 4. The van der Waals surface area contributed by atoms with Gasteiger partial charge in [0.25, 0.3) is 0 Å². The zero-order valence-electron chi connectivity index (χ0n) is 7.23. The zero-order chi connectivity index (χ0) is 9.56. The number of esters is 1. The summed E-state index contributed by atoms with van der Waals surface area (Å²) < 4.78 is 4.57. The van der Waals surface area contributed by atoms with Gasteiger partial charge in [0.05, 0.1) is 6.10 Å². The second kappa shape index (κ2) is 5.74. The summed E-state index contributed by atoms with van der Waals surface area (Å²) in [6.07, 6.45) is 0.883. The molecule has 4 heteroatoms. The van der Waals surface area contributed by atoms with Crippen molar-refractivity contribution in [3.8, 4) is 0 Å². The molecule has 0 bridgehead atoms. The summed E-state index contributed by atoms with van der Waals surface area (Å²) in [5.41, 5.74) is 0. The highest BCUT2D eigenvalue weighted by atomic mass is 16.5. The van der Waals surface area contributed by atoms with Gasteiger partial charge in [0, 0.05) is 6.08 Å². The third kappa shape index (κ3) is 4.87. The minimum atomic E-state index is -1.01. The van der Waals surface area contributed by atoms with E-state index < -0.39 is 18.2 Å². The van der Waals surface area contributed by atoms with Crippen LogP contribution in [0.2, 0.25) is 0 Å². The van der Waals surface area contributed by atoms with E-state index in [1.165, 1.54) is 19.1 Å². The summed E-state index contributed by atoms with van der Waals surface area (Å²) >= 11 is 0. The molecule has 0 aliphatic rings. The van der Waals surface area contributed by atoms with E-state index in [0.29, 0.717) is 0 Å². The van der Waals surface area contributed by atoms with Gasteiger partial charge in [-0.1, -0.05) is 6.08 Å². The van der Waals surface area contributed by atoms with Crippen molar-refractivity contribution in [2.75, 3.05) is 6.61 Å². The second-order valence-corrected chi connectivity index (χ2v) is 2.44. The Morgan fingerprint density at radius 3 is 2.58 bits per heavy atom. The van der Waals surface area contributed by atoms with Crippen LogP contribution < -0.4 is 0 Å². The highest BCUT2D eigenvalue weighted by Crippen LogP contribution is 1.93. The minimum absolute atomic E-state index is 0.180. The van der Waals surface area contributed by atoms with Crippen LogP contribution in [0.1, 0.15) is 13.8 Å². The number of carbonyl (C=O) groups excluding carboxylic acids is 1. The lowest BCUT2D eigenvalue weighted by Gasteiger charge is -2.12. The Hall–Kier alpha value is -0.870. The van der Waals surface area contributed by atoms with Gasteiger partial charge in [-0.25, -0.2) is 4.79 Å². The molecule has 0 spiro atoms. The molecule has 0 rings (SSSR count). The Bertz CT molecular complexity index is 162. The fourth-order valence-electron chi connectivity index (χ4n) is 0.491. The van der Waals surface area contributed by atoms with Gasteiger partial charge in [-0.3, -0.25) is 0 Å². The fourth-order valence-corrected chi connectivity index (χ4v) is 0.491. The second-order valence-electron chi connectivity index (χ2n) is 2.44. The number of allylic oxidation sites excluding steroid dienone is 1. The van der Waals surface area contributed by atoms with Crippen LogP contribution in [0.3, 0.4) is 0 Å². The Kier molecular flexibility index (Phi) is 5.32. The van der Waals surface area contributed by atoms with Gasteiger partial charge in [-0.05, 0) is 13.8 Å². The molecule has 0 amide bonds. The third-order valence-electron chi connectivity index (χ3n) is 1.26. The van der Waals surface area contributed by atoms with Crippen molar-refractivity contribution < 1.29 is 19.7 Å². The molecule has 0 radical (unpaired) electrons. The molecule has 0 aromatic carbocycles. The van der Waals surface area contributed by atoms with Gasteiger partial charge < -0.3 is 14.9 Å². The number of aliphatic hydroxyl groups excluding tert-OH is 2. The highest BCUT2D eigenvalue weighted by Gasteiger charge is 2.12. The maximum atomic E-state index is 10.7. The molecule has 0 aromatic rings. The summed E-state index contributed by atoms with van der Waals surface area (Å²) in [6, 6.07) is 0. The van der Waals surface area contributed by atoms with Gasteiger partial charge in [0.1, 0.15) is 12.7 Å². The van der Waals surface area contributed by atoms with E-state index in [4.69, 9.17) is 10.2 Å². The standard InChI is InChI=1S/C8H14O4/c1-3-4-8(11)12-5-7(10)6(2)9/h3-4,6-7,9-10H,5H2,1-2H3/b4-3-. The van der Waals surface area contributed by atoms with Crippen molar-refractivity contribution in [3.63, 3.8) is 0 Å². The molecule has 2 atom stereocenters. The van der Waals surface area contributed by atoms with Crippen molar-refractivity contribution in [2.45, 2.75) is 26.1 Å². The first-order valence-corrected chi connectivity index (χ1v) is 3.73. The van der Waals surface area contributed by atoms with Crippen LogP contribution in [0.5, 0.6) is 0 Å². The molecule has 12 heavy (non-hydrogen) atoms. The van der Waals surface area contributed by atoms with Crippen LogP contribution in [-0.4, -0.2) is 35.0 Å². The largest absolute Gasteiger partial charge is 0.460 e. The van der Waals surface area contributed by atoms with Crippen LogP contribution in [0, 0.1) is 0 Å². The molecule has 4 nitrogen and oxygen atoms in total. The summed E-state index contributed by atoms with van der Waals surface area (Å²) in [7, 11) is 0. The number of hydrogen-bond donors (Lipinski definition) is 2. The van der Waals surface area contributed by atoms with E-state index >= 15 is 0 Å². The van der Waals surface area contributed by atoms with Crippen LogP contribution in [-0.2, 0) is 9.53 Å². The van der Waals surface area contributed by atoms with Crippen molar-refractivity contribution in [1.82, 2.24) is 0 Å². The highest BCUT2D eigenvalue weighted by molar-refractivity contribution is 5.81. The molecule has 0 heterocycles. The molecule has 0 saturated carbocycles. The van der Waals surface area contributed by atoms with Gasteiger partial charge >= 0.3 is 5.97 Å². The molecular formula is C8H14O4. The Morgan fingerprint density at radius 1 is 1.58 bits per heavy atom. The van der Waals surface area contributed by atoms with Crippen molar-refractivity contribution in [2.24, 2.45) is 0 Å². The predicted molar refractivity (Wildman–Crippen MR) is 43.5 cm³/mol. The average molecular weight is 174 g/mol. The topological polar surface area (TPSA) is 66.8 Å². The van der Waals surface area contributed by atoms with E-state index in [0.717, 1.165) is 0 Å². The van der Waals surface area contributed by atoms with Crippen molar-refractivity contribution in [1.29, 1.82) is 0 Å². The normalized spacial score (nSPS) is 16.0. The lowest BCUT2D eigenvalue weighted by atomic mass is 10.2. The first-order chi connectivity index (χ1) is 5.57. The first-order valence-electron chi connectivity index (χ1n) is 3.73. The lowest BCUT2D eigenvalue weighted by molar-refractivity contribution is -0.142. The summed E-state index contributed by atoms with van der Waals surface area (Å²) in [6.45, 7) is 2.93. The lowest BCUT2D eigenvalue weighted by Crippen LogP contribution is -2.28. The van der Waals surface area contributed by atoms with Gasteiger partial charge in [0.2, 0.25) is 0 Å². The number of rotatable bonds is 4. The smallest absolute Gasteiger partial charge is 0.330 e. The van der Waals surface area contributed by atoms with Crippen LogP contribution >= 0.6 is 0 Å². The van der Waals surface area contributed by atoms with E-state index in [2.05, 4.69) is 4.74 Å². The van der Waals surface area contributed by atoms with Crippen LogP contribution in [0.4, 0.5) is 0 Å². The van der Waals surface area contributed by atoms with E-state index in [1.54, 1.807) is 6.92 Å². The Morgan fingerprint density at radius 2 is 2.17 bits per heavy atom. The SMILES string of the molecule is C/C=C\C(=O)OCC(O)C(C)O. The van der Waals surface area contributed by atoms with Gasteiger partial charge in [-0.2, -0.15) is 0 Å². The zero-order valence-corrected chi connectivity index (χ0v) is 7.23. The number of ether oxygens (including phenoxy) is 1. The molecule has 0 aromatic heterocycles. The van der Waals surface area contributed by atoms with E-state index in [-0.39, 0.29) is 6.61 Å². The summed E-state index contributed by atoms with van der Waals surface area (Å²) in [4.78, 5) is 10.7.